The summed E-state index contributed by atoms with van der Waals surface area (Å²) in [6.45, 7) is 9.87. The third-order valence-corrected chi connectivity index (χ3v) is 3.61. The Balaban J connectivity index is 2.00. The predicted molar refractivity (Wildman–Crippen MR) is 85.4 cm³/mol. The molecule has 0 aliphatic heterocycles. The molecule has 4 nitrogen and oxygen atoms in total. The lowest BCUT2D eigenvalue weighted by atomic mass is 10.1. The fourth-order valence-corrected chi connectivity index (χ4v) is 2.41. The smallest absolute Gasteiger partial charge is 0.124 e. The molecular formula is C17H25N3O. The van der Waals surface area contributed by atoms with Gasteiger partial charge in [-0.1, -0.05) is 18.2 Å². The van der Waals surface area contributed by atoms with Crippen LogP contribution in [-0.2, 0) is 20.1 Å². The standard InChI is InChI=1S/C17H25N3O/c1-12(2)21-17-9-7-6-8-15(17)10-18-11-16-13(3)19-20(5)14(16)4/h6-9,12,18H,10-11H2,1-5H3. The second kappa shape index (κ2) is 6.76. The summed E-state index contributed by atoms with van der Waals surface area (Å²) >= 11 is 0. The van der Waals surface area contributed by atoms with Crippen molar-refractivity contribution in [3.8, 4) is 5.75 Å². The van der Waals surface area contributed by atoms with Crippen molar-refractivity contribution < 1.29 is 4.74 Å². The van der Waals surface area contributed by atoms with Gasteiger partial charge in [0.2, 0.25) is 0 Å². The summed E-state index contributed by atoms with van der Waals surface area (Å²) in [6, 6.07) is 8.19. The van der Waals surface area contributed by atoms with Gasteiger partial charge in [-0.05, 0) is 33.8 Å². The summed E-state index contributed by atoms with van der Waals surface area (Å²) in [5, 5.41) is 7.94. The Kier molecular flexibility index (Phi) is 5.02. The molecule has 2 aromatic rings. The minimum absolute atomic E-state index is 0.189. The molecule has 0 fully saturated rings. The van der Waals surface area contributed by atoms with E-state index in [1.807, 2.05) is 43.8 Å². The van der Waals surface area contributed by atoms with Crippen LogP contribution in [0.5, 0.6) is 5.75 Å². The van der Waals surface area contributed by atoms with Gasteiger partial charge in [-0.15, -0.1) is 0 Å². The van der Waals surface area contributed by atoms with Gasteiger partial charge >= 0.3 is 0 Å². The van der Waals surface area contributed by atoms with Gasteiger partial charge in [0, 0.05) is 37.0 Å². The van der Waals surface area contributed by atoms with Crippen LogP contribution in [0, 0.1) is 13.8 Å². The van der Waals surface area contributed by atoms with Crippen molar-refractivity contribution in [3.05, 3.63) is 46.8 Å². The normalized spacial score (nSPS) is 11.1. The van der Waals surface area contributed by atoms with Gasteiger partial charge in [-0.2, -0.15) is 5.10 Å². The average molecular weight is 287 g/mol. The molecule has 0 radical (unpaired) electrons. The van der Waals surface area contributed by atoms with E-state index in [0.717, 1.165) is 24.5 Å². The molecule has 0 unspecified atom stereocenters. The Labute approximate surface area is 127 Å². The van der Waals surface area contributed by atoms with E-state index in [2.05, 4.69) is 30.3 Å². The van der Waals surface area contributed by atoms with E-state index in [9.17, 15) is 0 Å². The number of para-hydroxylation sites is 1. The van der Waals surface area contributed by atoms with Crippen LogP contribution >= 0.6 is 0 Å². The van der Waals surface area contributed by atoms with Crippen molar-refractivity contribution >= 4 is 0 Å². The summed E-state index contributed by atoms with van der Waals surface area (Å²) in [5.74, 6) is 0.958. The van der Waals surface area contributed by atoms with Crippen LogP contribution in [0.1, 0.15) is 36.4 Å². The van der Waals surface area contributed by atoms with Crippen molar-refractivity contribution in [1.82, 2.24) is 15.1 Å². The largest absolute Gasteiger partial charge is 0.491 e. The Bertz CT molecular complexity index is 602. The summed E-state index contributed by atoms with van der Waals surface area (Å²) in [4.78, 5) is 0. The molecule has 0 aliphatic carbocycles. The van der Waals surface area contributed by atoms with Gasteiger partial charge in [0.15, 0.2) is 0 Å². The number of hydrogen-bond donors (Lipinski definition) is 1. The van der Waals surface area contributed by atoms with E-state index in [1.54, 1.807) is 0 Å². The molecule has 0 aliphatic rings. The fourth-order valence-electron chi connectivity index (χ4n) is 2.41. The summed E-state index contributed by atoms with van der Waals surface area (Å²) < 4.78 is 7.78. The van der Waals surface area contributed by atoms with Crippen molar-refractivity contribution in [2.45, 2.75) is 46.9 Å². The SMILES string of the molecule is Cc1nn(C)c(C)c1CNCc1ccccc1OC(C)C. The van der Waals surface area contributed by atoms with E-state index in [0.29, 0.717) is 0 Å². The van der Waals surface area contributed by atoms with Crippen molar-refractivity contribution in [1.29, 1.82) is 0 Å². The molecule has 1 aromatic carbocycles. The topological polar surface area (TPSA) is 39.1 Å². The molecule has 0 saturated heterocycles. The number of benzene rings is 1. The van der Waals surface area contributed by atoms with Gasteiger partial charge in [0.05, 0.1) is 11.8 Å². The first-order valence-corrected chi connectivity index (χ1v) is 7.43. The average Bonchev–Trinajstić information content (AvgIpc) is 2.66. The summed E-state index contributed by atoms with van der Waals surface area (Å²) in [7, 11) is 1.98. The molecular weight excluding hydrogens is 262 g/mol. The van der Waals surface area contributed by atoms with Gasteiger partial charge in [0.1, 0.15) is 5.75 Å². The third kappa shape index (κ3) is 3.85. The Morgan fingerprint density at radius 3 is 2.52 bits per heavy atom. The maximum atomic E-state index is 5.84. The third-order valence-electron chi connectivity index (χ3n) is 3.61. The molecule has 1 heterocycles. The molecule has 2 rings (SSSR count). The minimum atomic E-state index is 0.189. The highest BCUT2D eigenvalue weighted by Gasteiger charge is 2.09. The van der Waals surface area contributed by atoms with E-state index in [-0.39, 0.29) is 6.10 Å². The first-order chi connectivity index (χ1) is 9.99. The van der Waals surface area contributed by atoms with Crippen LogP contribution in [0.25, 0.3) is 0 Å². The van der Waals surface area contributed by atoms with Crippen LogP contribution in [0.4, 0.5) is 0 Å². The number of rotatable bonds is 6. The van der Waals surface area contributed by atoms with Crippen molar-refractivity contribution in [2.24, 2.45) is 7.05 Å². The predicted octanol–water partition coefficient (Wildman–Crippen LogP) is 3.11. The zero-order chi connectivity index (χ0) is 15.4. The summed E-state index contributed by atoms with van der Waals surface area (Å²) in [5.41, 5.74) is 4.77. The van der Waals surface area contributed by atoms with E-state index in [4.69, 9.17) is 4.74 Å². The lowest BCUT2D eigenvalue weighted by molar-refractivity contribution is 0.239. The number of aryl methyl sites for hydroxylation is 2. The quantitative estimate of drug-likeness (QED) is 0.887. The first-order valence-electron chi connectivity index (χ1n) is 7.43. The van der Waals surface area contributed by atoms with Crippen LogP contribution < -0.4 is 10.1 Å². The van der Waals surface area contributed by atoms with Gasteiger partial charge in [0.25, 0.3) is 0 Å². The zero-order valence-electron chi connectivity index (χ0n) is 13.6. The first kappa shape index (κ1) is 15.6. The molecule has 1 N–H and O–H groups in total. The van der Waals surface area contributed by atoms with E-state index in [1.165, 1.54) is 16.8 Å². The highest BCUT2D eigenvalue weighted by molar-refractivity contribution is 5.33. The second-order valence-electron chi connectivity index (χ2n) is 5.65. The number of nitrogens with one attached hydrogen (secondary N) is 1. The maximum Gasteiger partial charge on any atom is 0.124 e. The van der Waals surface area contributed by atoms with E-state index >= 15 is 0 Å². The molecule has 0 spiro atoms. The van der Waals surface area contributed by atoms with Crippen LogP contribution in [0.3, 0.4) is 0 Å². The monoisotopic (exact) mass is 287 g/mol. The fraction of sp³-hybridized carbons (Fsp3) is 0.471. The lowest BCUT2D eigenvalue weighted by Crippen LogP contribution is -2.16. The van der Waals surface area contributed by atoms with Gasteiger partial charge < -0.3 is 10.1 Å². The highest BCUT2D eigenvalue weighted by atomic mass is 16.5. The molecule has 0 atom stereocenters. The number of hydrogen-bond acceptors (Lipinski definition) is 3. The van der Waals surface area contributed by atoms with Crippen LogP contribution in [-0.4, -0.2) is 15.9 Å². The minimum Gasteiger partial charge on any atom is -0.491 e. The molecule has 1 aromatic heterocycles. The Hall–Kier alpha value is -1.81. The lowest BCUT2D eigenvalue weighted by Gasteiger charge is -2.14. The number of aromatic nitrogens is 2. The maximum absolute atomic E-state index is 5.84. The van der Waals surface area contributed by atoms with Crippen LogP contribution in [0.15, 0.2) is 24.3 Å². The second-order valence-corrected chi connectivity index (χ2v) is 5.65. The molecule has 21 heavy (non-hydrogen) atoms. The van der Waals surface area contributed by atoms with Gasteiger partial charge in [-0.25, -0.2) is 0 Å². The Morgan fingerprint density at radius 1 is 1.19 bits per heavy atom. The molecule has 0 amide bonds. The molecule has 0 saturated carbocycles. The highest BCUT2D eigenvalue weighted by Crippen LogP contribution is 2.19. The van der Waals surface area contributed by atoms with Crippen molar-refractivity contribution in [3.63, 3.8) is 0 Å². The molecule has 114 valence electrons. The van der Waals surface area contributed by atoms with E-state index < -0.39 is 0 Å². The summed E-state index contributed by atoms with van der Waals surface area (Å²) in [6.07, 6.45) is 0.189. The number of ether oxygens (including phenoxy) is 1. The van der Waals surface area contributed by atoms with Gasteiger partial charge in [-0.3, -0.25) is 4.68 Å². The Morgan fingerprint density at radius 2 is 1.90 bits per heavy atom. The number of nitrogens with zero attached hydrogens (tertiary/aromatic N) is 2. The van der Waals surface area contributed by atoms with Crippen molar-refractivity contribution in [2.75, 3.05) is 0 Å². The zero-order valence-corrected chi connectivity index (χ0v) is 13.6. The molecule has 0 bridgehead atoms. The van der Waals surface area contributed by atoms with Crippen LogP contribution in [0.2, 0.25) is 0 Å². The molecule has 4 heteroatoms.